The Kier molecular flexibility index (Phi) is 6.34. The van der Waals surface area contributed by atoms with E-state index in [1.165, 1.54) is 17.3 Å². The number of nitrogens with zero attached hydrogens (tertiary/aromatic N) is 4. The van der Waals surface area contributed by atoms with Crippen molar-refractivity contribution in [3.05, 3.63) is 65.9 Å². The highest BCUT2D eigenvalue weighted by Gasteiger charge is 2.38. The lowest BCUT2D eigenvalue weighted by Gasteiger charge is -2.24. The van der Waals surface area contributed by atoms with Crippen molar-refractivity contribution in [2.45, 2.75) is 50.1 Å². The number of allylic oxidation sites excluding steroid dienone is 2. The Morgan fingerprint density at radius 3 is 2.55 bits per heavy atom. The van der Waals surface area contributed by atoms with E-state index in [0.717, 1.165) is 33.7 Å². The van der Waals surface area contributed by atoms with Gasteiger partial charge >= 0.3 is 0 Å². The van der Waals surface area contributed by atoms with Crippen LogP contribution in [0.25, 0.3) is 11.4 Å². The predicted octanol–water partition coefficient (Wildman–Crippen LogP) is 5.33. The van der Waals surface area contributed by atoms with Gasteiger partial charge in [-0.05, 0) is 37.6 Å². The number of ether oxygens (including phenoxy) is 1. The van der Waals surface area contributed by atoms with Crippen molar-refractivity contribution in [3.8, 4) is 17.1 Å². The van der Waals surface area contributed by atoms with Crippen LogP contribution in [0.15, 0.2) is 65.5 Å². The number of hydrogen-bond donors (Lipinski definition) is 0. The molecular formula is C26H30N4O2S. The Bertz CT molecular complexity index is 1210. The first-order valence-electron chi connectivity index (χ1n) is 11.1. The van der Waals surface area contributed by atoms with Gasteiger partial charge < -0.3 is 14.2 Å². The first-order valence-corrected chi connectivity index (χ1v) is 12.0. The molecule has 1 atom stereocenters. The number of methoxy groups -OCH3 is 1. The van der Waals surface area contributed by atoms with E-state index < -0.39 is 0 Å². The van der Waals surface area contributed by atoms with Crippen molar-refractivity contribution in [2.24, 2.45) is 0 Å². The maximum atomic E-state index is 13.3. The fourth-order valence-corrected chi connectivity index (χ4v) is 5.35. The number of ketones is 1. The maximum absolute atomic E-state index is 13.3. The first-order chi connectivity index (χ1) is 15.8. The fourth-order valence-electron chi connectivity index (χ4n) is 4.42. The van der Waals surface area contributed by atoms with Gasteiger partial charge in [0.25, 0.3) is 0 Å². The molecular weight excluding hydrogens is 432 g/mol. The number of hydrogen-bond acceptors (Lipinski definition) is 6. The molecule has 0 bridgehead atoms. The number of likely N-dealkylation sites (N-methyl/N-ethyl adjacent to an activating group) is 1. The molecule has 1 unspecified atom stereocenters. The molecule has 172 valence electrons. The molecule has 2 heterocycles. The number of anilines is 1. The van der Waals surface area contributed by atoms with E-state index >= 15 is 0 Å². The average Bonchev–Trinajstić information content (AvgIpc) is 3.31. The number of thioether (sulfide) groups is 1. The minimum absolute atomic E-state index is 0.0622. The second-order valence-corrected chi connectivity index (χ2v) is 9.95. The average molecular weight is 463 g/mol. The number of carbonyl (C=O) groups excluding carboxylic acids is 1. The molecule has 7 heteroatoms. The number of aromatic nitrogens is 3. The largest absolute Gasteiger partial charge is 0.496 e. The third-order valence-corrected chi connectivity index (χ3v) is 7.38. The number of rotatable bonds is 7. The van der Waals surface area contributed by atoms with Crippen LogP contribution in [0.1, 0.15) is 33.3 Å². The van der Waals surface area contributed by atoms with Gasteiger partial charge in [-0.2, -0.15) is 0 Å². The SMILES string of the molecule is CCn1c(SC(C)C(=O)/C=C2/N(C)c3ccccc3C2(C)C)nnc1-c1ccccc1OC. The summed E-state index contributed by atoms with van der Waals surface area (Å²) in [6.07, 6.45) is 1.80. The number of fused-ring (bicyclic) bond motifs is 1. The molecule has 2 aromatic carbocycles. The zero-order valence-electron chi connectivity index (χ0n) is 20.0. The quantitative estimate of drug-likeness (QED) is 0.349. The Morgan fingerprint density at radius 1 is 1.15 bits per heavy atom. The summed E-state index contributed by atoms with van der Waals surface area (Å²) in [5, 5.41) is 9.25. The molecule has 0 amide bonds. The molecule has 0 saturated carbocycles. The van der Waals surface area contributed by atoms with Crippen LogP contribution in [0.3, 0.4) is 0 Å². The highest BCUT2D eigenvalue weighted by atomic mass is 32.2. The second kappa shape index (κ2) is 9.06. The topological polar surface area (TPSA) is 60.2 Å². The fraction of sp³-hybridized carbons (Fsp3) is 0.346. The van der Waals surface area contributed by atoms with E-state index in [-0.39, 0.29) is 16.4 Å². The molecule has 3 aromatic rings. The van der Waals surface area contributed by atoms with Gasteiger partial charge in [-0.3, -0.25) is 4.79 Å². The molecule has 0 fully saturated rings. The molecule has 4 rings (SSSR count). The summed E-state index contributed by atoms with van der Waals surface area (Å²) in [4.78, 5) is 15.4. The minimum atomic E-state index is -0.301. The molecule has 1 aromatic heterocycles. The molecule has 33 heavy (non-hydrogen) atoms. The Labute approximate surface area is 199 Å². The lowest BCUT2D eigenvalue weighted by Crippen LogP contribution is -2.25. The van der Waals surface area contributed by atoms with Gasteiger partial charge in [0.1, 0.15) is 5.75 Å². The molecule has 1 aliphatic rings. The predicted molar refractivity (Wildman–Crippen MR) is 134 cm³/mol. The summed E-state index contributed by atoms with van der Waals surface area (Å²) in [6, 6.07) is 16.1. The first kappa shape index (κ1) is 23.1. The van der Waals surface area contributed by atoms with Gasteiger partial charge in [-0.1, -0.05) is 55.9 Å². The van der Waals surface area contributed by atoms with Crippen molar-refractivity contribution in [1.29, 1.82) is 0 Å². The van der Waals surface area contributed by atoms with Crippen LogP contribution in [0.5, 0.6) is 5.75 Å². The van der Waals surface area contributed by atoms with E-state index in [1.54, 1.807) is 13.2 Å². The Balaban J connectivity index is 1.59. The summed E-state index contributed by atoms with van der Waals surface area (Å²) in [6.45, 7) is 9.00. The van der Waals surface area contributed by atoms with Gasteiger partial charge in [0.2, 0.25) is 0 Å². The minimum Gasteiger partial charge on any atom is -0.496 e. The monoisotopic (exact) mass is 462 g/mol. The standard InChI is InChI=1S/C26H30N4O2S/c1-7-30-24(18-12-8-11-15-22(18)32-6)27-28-25(30)33-17(2)21(31)16-23-26(3,4)19-13-9-10-14-20(19)29(23)5/h8-17H,7H2,1-6H3/b23-16+. The lowest BCUT2D eigenvalue weighted by atomic mass is 9.83. The van der Waals surface area contributed by atoms with Gasteiger partial charge in [-0.25, -0.2) is 0 Å². The Morgan fingerprint density at radius 2 is 1.85 bits per heavy atom. The molecule has 0 radical (unpaired) electrons. The summed E-state index contributed by atoms with van der Waals surface area (Å²) in [5.74, 6) is 1.55. The highest BCUT2D eigenvalue weighted by molar-refractivity contribution is 8.00. The van der Waals surface area contributed by atoms with Crippen LogP contribution in [0, 0.1) is 0 Å². The van der Waals surface area contributed by atoms with Crippen molar-refractivity contribution in [3.63, 3.8) is 0 Å². The Hall–Kier alpha value is -3.06. The zero-order chi connectivity index (χ0) is 23.8. The third kappa shape index (κ3) is 4.06. The summed E-state index contributed by atoms with van der Waals surface area (Å²) >= 11 is 1.44. The molecule has 0 spiro atoms. The highest BCUT2D eigenvalue weighted by Crippen LogP contribution is 2.46. The zero-order valence-corrected chi connectivity index (χ0v) is 20.8. The van der Waals surface area contributed by atoms with Crippen molar-refractivity contribution in [1.82, 2.24) is 14.8 Å². The van der Waals surface area contributed by atoms with Gasteiger partial charge in [0.15, 0.2) is 16.8 Å². The molecule has 0 aliphatic carbocycles. The second-order valence-electron chi connectivity index (χ2n) is 8.64. The van der Waals surface area contributed by atoms with Crippen LogP contribution in [0.2, 0.25) is 0 Å². The van der Waals surface area contributed by atoms with E-state index in [4.69, 9.17) is 4.74 Å². The van der Waals surface area contributed by atoms with Crippen molar-refractivity contribution < 1.29 is 9.53 Å². The molecule has 0 saturated heterocycles. The summed E-state index contributed by atoms with van der Waals surface area (Å²) in [5.41, 5.74) is 4.04. The van der Waals surface area contributed by atoms with Crippen molar-refractivity contribution >= 4 is 23.2 Å². The van der Waals surface area contributed by atoms with Crippen LogP contribution < -0.4 is 9.64 Å². The summed E-state index contributed by atoms with van der Waals surface area (Å²) < 4.78 is 7.53. The van der Waals surface area contributed by atoms with Crippen LogP contribution in [-0.2, 0) is 16.8 Å². The number of para-hydroxylation sites is 2. The van der Waals surface area contributed by atoms with Crippen molar-refractivity contribution in [2.75, 3.05) is 19.1 Å². The van der Waals surface area contributed by atoms with Gasteiger partial charge in [0, 0.05) is 36.5 Å². The van der Waals surface area contributed by atoms with Crippen LogP contribution >= 0.6 is 11.8 Å². The van der Waals surface area contributed by atoms with E-state index in [0.29, 0.717) is 6.54 Å². The molecule has 1 aliphatic heterocycles. The lowest BCUT2D eigenvalue weighted by molar-refractivity contribution is -0.114. The number of carbonyl (C=O) groups is 1. The van der Waals surface area contributed by atoms with E-state index in [2.05, 4.69) is 47.1 Å². The molecule has 6 nitrogen and oxygen atoms in total. The van der Waals surface area contributed by atoms with Gasteiger partial charge in [-0.15, -0.1) is 10.2 Å². The smallest absolute Gasteiger partial charge is 0.192 e. The van der Waals surface area contributed by atoms with E-state index in [1.807, 2.05) is 55.8 Å². The molecule has 0 N–H and O–H groups in total. The number of benzene rings is 2. The normalized spacial score (nSPS) is 16.7. The van der Waals surface area contributed by atoms with Crippen LogP contribution in [0.4, 0.5) is 5.69 Å². The van der Waals surface area contributed by atoms with E-state index in [9.17, 15) is 4.79 Å². The maximum Gasteiger partial charge on any atom is 0.192 e. The van der Waals surface area contributed by atoms with Gasteiger partial charge in [0.05, 0.1) is 17.9 Å². The summed E-state index contributed by atoms with van der Waals surface area (Å²) in [7, 11) is 3.67. The third-order valence-electron chi connectivity index (χ3n) is 6.28. The van der Waals surface area contributed by atoms with Crippen LogP contribution in [-0.4, -0.2) is 40.0 Å².